The average Bonchev–Trinajstić information content (AvgIpc) is 2.40. The van der Waals surface area contributed by atoms with Crippen molar-refractivity contribution in [3.63, 3.8) is 0 Å². The topological polar surface area (TPSA) is 35.5 Å². The van der Waals surface area contributed by atoms with Crippen molar-refractivity contribution in [2.24, 2.45) is 11.8 Å². The molecule has 0 fully saturated rings. The SMILES string of the molecule is CC(C)C(Cc1ccccc1)C(=O)OCCOC(C)(C)C. The minimum atomic E-state index is -0.201. The zero-order valence-electron chi connectivity index (χ0n) is 13.9. The van der Waals surface area contributed by atoms with Gasteiger partial charge in [0.15, 0.2) is 0 Å². The standard InChI is InChI=1S/C18H28O3/c1-14(2)16(13-15-9-7-6-8-10-15)17(19)20-11-12-21-18(3,4)5/h6-10,14,16H,11-13H2,1-5H3. The molecule has 1 rings (SSSR count). The van der Waals surface area contributed by atoms with Crippen molar-refractivity contribution in [1.29, 1.82) is 0 Å². The van der Waals surface area contributed by atoms with Crippen LogP contribution in [0.2, 0.25) is 0 Å². The van der Waals surface area contributed by atoms with Crippen molar-refractivity contribution < 1.29 is 14.3 Å². The van der Waals surface area contributed by atoms with Gasteiger partial charge in [0.05, 0.1) is 18.1 Å². The van der Waals surface area contributed by atoms with E-state index in [0.717, 1.165) is 6.42 Å². The molecule has 1 aromatic carbocycles. The fourth-order valence-corrected chi connectivity index (χ4v) is 2.06. The molecule has 1 aromatic rings. The number of carbonyl (C=O) groups excluding carboxylic acids is 1. The summed E-state index contributed by atoms with van der Waals surface area (Å²) in [4.78, 5) is 12.2. The minimum Gasteiger partial charge on any atom is -0.463 e. The number of benzene rings is 1. The summed E-state index contributed by atoms with van der Waals surface area (Å²) in [6.45, 7) is 10.8. The van der Waals surface area contributed by atoms with Crippen LogP contribution in [0.25, 0.3) is 0 Å². The van der Waals surface area contributed by atoms with Crippen LogP contribution in [0.5, 0.6) is 0 Å². The van der Waals surface area contributed by atoms with E-state index in [1.54, 1.807) is 0 Å². The van der Waals surface area contributed by atoms with E-state index in [9.17, 15) is 4.79 Å². The molecular formula is C18H28O3. The molecule has 0 amide bonds. The molecule has 21 heavy (non-hydrogen) atoms. The Morgan fingerprint density at radius 2 is 1.71 bits per heavy atom. The molecule has 1 unspecified atom stereocenters. The van der Waals surface area contributed by atoms with Gasteiger partial charge in [0.1, 0.15) is 6.61 Å². The molecule has 0 radical (unpaired) electrons. The quantitative estimate of drug-likeness (QED) is 0.565. The Balaban J connectivity index is 2.47. The second kappa shape index (κ2) is 8.18. The van der Waals surface area contributed by atoms with Crippen LogP contribution >= 0.6 is 0 Å². The van der Waals surface area contributed by atoms with E-state index in [2.05, 4.69) is 13.8 Å². The van der Waals surface area contributed by atoms with Crippen LogP contribution in [0.3, 0.4) is 0 Å². The predicted octanol–water partition coefficient (Wildman–Crippen LogP) is 3.86. The smallest absolute Gasteiger partial charge is 0.309 e. The number of esters is 1. The van der Waals surface area contributed by atoms with Crippen LogP contribution in [0.4, 0.5) is 0 Å². The lowest BCUT2D eigenvalue weighted by Crippen LogP contribution is -2.28. The predicted molar refractivity (Wildman–Crippen MR) is 85.1 cm³/mol. The van der Waals surface area contributed by atoms with Crippen LogP contribution < -0.4 is 0 Å². The van der Waals surface area contributed by atoms with Crippen molar-refractivity contribution in [1.82, 2.24) is 0 Å². The highest BCUT2D eigenvalue weighted by Crippen LogP contribution is 2.19. The van der Waals surface area contributed by atoms with Gasteiger partial charge in [-0.25, -0.2) is 0 Å². The molecule has 0 N–H and O–H groups in total. The first-order chi connectivity index (χ1) is 9.79. The third-order valence-electron chi connectivity index (χ3n) is 3.27. The molecule has 118 valence electrons. The van der Waals surface area contributed by atoms with Gasteiger partial charge in [-0.15, -0.1) is 0 Å². The van der Waals surface area contributed by atoms with Crippen LogP contribution in [0.15, 0.2) is 30.3 Å². The highest BCUT2D eigenvalue weighted by Gasteiger charge is 2.24. The monoisotopic (exact) mass is 292 g/mol. The van der Waals surface area contributed by atoms with Crippen LogP contribution in [0, 0.1) is 11.8 Å². The van der Waals surface area contributed by atoms with Gasteiger partial charge in [0.2, 0.25) is 0 Å². The molecule has 0 aliphatic rings. The Labute approximate surface area is 128 Å². The third kappa shape index (κ3) is 7.28. The van der Waals surface area contributed by atoms with Gasteiger partial charge < -0.3 is 9.47 Å². The molecule has 3 nitrogen and oxygen atoms in total. The number of carbonyl (C=O) groups is 1. The van der Waals surface area contributed by atoms with Gasteiger partial charge >= 0.3 is 5.97 Å². The normalized spacial score (nSPS) is 13.2. The summed E-state index contributed by atoms with van der Waals surface area (Å²) in [5.74, 6) is 0.00893. The minimum absolute atomic E-state index is 0.109. The van der Waals surface area contributed by atoms with Crippen molar-refractivity contribution >= 4 is 5.97 Å². The van der Waals surface area contributed by atoms with E-state index in [0.29, 0.717) is 13.2 Å². The number of hydrogen-bond acceptors (Lipinski definition) is 3. The third-order valence-corrected chi connectivity index (χ3v) is 3.27. The van der Waals surface area contributed by atoms with Crippen LogP contribution in [0.1, 0.15) is 40.2 Å². The summed E-state index contributed by atoms with van der Waals surface area (Å²) in [5, 5.41) is 0. The van der Waals surface area contributed by atoms with E-state index >= 15 is 0 Å². The number of ether oxygens (including phenoxy) is 2. The maximum atomic E-state index is 12.2. The molecular weight excluding hydrogens is 264 g/mol. The lowest BCUT2D eigenvalue weighted by atomic mass is 9.89. The second-order valence-corrected chi connectivity index (χ2v) is 6.67. The zero-order valence-corrected chi connectivity index (χ0v) is 13.9. The lowest BCUT2D eigenvalue weighted by Gasteiger charge is -2.22. The largest absolute Gasteiger partial charge is 0.463 e. The van der Waals surface area contributed by atoms with Gasteiger partial charge in [-0.2, -0.15) is 0 Å². The van der Waals surface area contributed by atoms with Gasteiger partial charge in [0, 0.05) is 0 Å². The van der Waals surface area contributed by atoms with Crippen molar-refractivity contribution in [2.75, 3.05) is 13.2 Å². The highest BCUT2D eigenvalue weighted by molar-refractivity contribution is 5.73. The highest BCUT2D eigenvalue weighted by atomic mass is 16.6. The van der Waals surface area contributed by atoms with E-state index < -0.39 is 0 Å². The molecule has 0 saturated carbocycles. The van der Waals surface area contributed by atoms with Gasteiger partial charge in [-0.3, -0.25) is 4.79 Å². The second-order valence-electron chi connectivity index (χ2n) is 6.67. The van der Waals surface area contributed by atoms with Crippen molar-refractivity contribution in [3.05, 3.63) is 35.9 Å². The van der Waals surface area contributed by atoms with Crippen LogP contribution in [-0.2, 0) is 20.7 Å². The Kier molecular flexibility index (Phi) is 6.90. The van der Waals surface area contributed by atoms with E-state index in [4.69, 9.17) is 9.47 Å². The van der Waals surface area contributed by atoms with Crippen molar-refractivity contribution in [3.8, 4) is 0 Å². The van der Waals surface area contributed by atoms with Gasteiger partial charge in [0.25, 0.3) is 0 Å². The molecule has 0 bridgehead atoms. The molecule has 0 saturated heterocycles. The molecule has 1 atom stereocenters. The first-order valence-electron chi connectivity index (χ1n) is 7.64. The maximum Gasteiger partial charge on any atom is 0.309 e. The average molecular weight is 292 g/mol. The number of hydrogen-bond donors (Lipinski definition) is 0. The molecule has 3 heteroatoms. The van der Waals surface area contributed by atoms with Crippen LogP contribution in [-0.4, -0.2) is 24.8 Å². The Morgan fingerprint density at radius 3 is 2.24 bits per heavy atom. The summed E-state index contributed by atoms with van der Waals surface area (Å²) in [5.41, 5.74) is 0.965. The van der Waals surface area contributed by atoms with Crippen molar-refractivity contribution in [2.45, 2.75) is 46.6 Å². The molecule has 0 spiro atoms. The fraction of sp³-hybridized carbons (Fsp3) is 0.611. The zero-order chi connectivity index (χ0) is 15.9. The number of rotatable bonds is 7. The first kappa shape index (κ1) is 17.7. The summed E-state index contributed by atoms with van der Waals surface area (Å²) in [6, 6.07) is 10.1. The first-order valence-corrected chi connectivity index (χ1v) is 7.64. The van der Waals surface area contributed by atoms with Gasteiger partial charge in [-0.05, 0) is 38.7 Å². The van der Waals surface area contributed by atoms with E-state index in [1.165, 1.54) is 5.56 Å². The Bertz CT molecular complexity index is 418. The molecule has 0 aliphatic heterocycles. The molecule has 0 heterocycles. The molecule has 0 aliphatic carbocycles. The van der Waals surface area contributed by atoms with Gasteiger partial charge in [-0.1, -0.05) is 44.2 Å². The Hall–Kier alpha value is -1.35. The lowest BCUT2D eigenvalue weighted by molar-refractivity contribution is -0.153. The summed E-state index contributed by atoms with van der Waals surface area (Å²) in [6.07, 6.45) is 0.720. The maximum absolute atomic E-state index is 12.2. The summed E-state index contributed by atoms with van der Waals surface area (Å²) < 4.78 is 10.9. The summed E-state index contributed by atoms with van der Waals surface area (Å²) in [7, 11) is 0. The fourth-order valence-electron chi connectivity index (χ4n) is 2.06. The molecule has 0 aromatic heterocycles. The van der Waals surface area contributed by atoms with E-state index in [1.807, 2.05) is 51.1 Å². The Morgan fingerprint density at radius 1 is 1.10 bits per heavy atom. The summed E-state index contributed by atoms with van der Waals surface area (Å²) >= 11 is 0. The van der Waals surface area contributed by atoms with E-state index in [-0.39, 0.29) is 23.4 Å².